The number of hydrogen-bond donors (Lipinski definition) is 11. The molecule has 17 N–H and O–H groups in total. The van der Waals surface area contributed by atoms with Crippen molar-refractivity contribution >= 4 is 106 Å². The number of carbonyl (C=O) groups is 12. The van der Waals surface area contributed by atoms with E-state index in [0.29, 0.717) is 98.7 Å². The van der Waals surface area contributed by atoms with Gasteiger partial charge in [0, 0.05) is 94.0 Å². The number of aliphatic imine (C=N–C) groups is 1. The first-order valence-electron chi connectivity index (χ1n) is 38.1. The Morgan fingerprint density at radius 2 is 1.37 bits per heavy atom. The first-order valence-corrected chi connectivity index (χ1v) is 39.5. The molecule has 6 fully saturated rings. The Hall–Kier alpha value is -7.71. The van der Waals surface area contributed by atoms with E-state index in [-0.39, 0.29) is 149 Å². The van der Waals surface area contributed by atoms with Crippen molar-refractivity contribution in [2.24, 2.45) is 86.7 Å². The number of hydrogen-bond acceptors (Lipinski definition) is 21. The topological polar surface area (TPSA) is 482 Å². The van der Waals surface area contributed by atoms with E-state index in [4.69, 9.17) is 65.3 Å². The van der Waals surface area contributed by atoms with Gasteiger partial charge in [-0.2, -0.15) is 4.89 Å². The fourth-order valence-corrected chi connectivity index (χ4v) is 17.4. The van der Waals surface area contributed by atoms with Crippen LogP contribution in [0.15, 0.2) is 47.5 Å². The highest BCUT2D eigenvalue weighted by molar-refractivity contribution is 8.00. The Morgan fingerprint density at radius 3 is 1.97 bits per heavy atom. The number of guanidine groups is 1. The number of Topliss-reactive ketones (excluding diaryl/α,β-unsaturated/α-hetero) is 4. The number of nitrogens with one attached hydrogen (secondary N) is 4. The van der Waals surface area contributed by atoms with Crippen LogP contribution in [0.1, 0.15) is 191 Å². The molecule has 31 heteroatoms. The molecular formula is C77H113ClN12O17S. The van der Waals surface area contributed by atoms with E-state index in [1.807, 2.05) is 38.1 Å². The molecule has 0 aromatic heterocycles. The lowest BCUT2D eigenvalue weighted by Gasteiger charge is -2.68. The molecular weight excluding hydrogens is 1430 g/mol. The second kappa shape index (κ2) is 42.5. The fourth-order valence-electron chi connectivity index (χ4n) is 15.9. The fraction of sp³-hybridized carbons (Fsp3) is 0.649. The van der Waals surface area contributed by atoms with Gasteiger partial charge in [-0.1, -0.05) is 81.1 Å². The zero-order chi connectivity index (χ0) is 78.8. The van der Waals surface area contributed by atoms with Gasteiger partial charge in [0.15, 0.2) is 34.7 Å². The number of nitrogens with zero attached hydrogens (tertiary/aromatic N) is 2. The van der Waals surface area contributed by atoms with Crippen molar-refractivity contribution in [2.75, 3.05) is 52.1 Å². The molecule has 7 amide bonds. The zero-order valence-corrected chi connectivity index (χ0v) is 64.4. The summed E-state index contributed by atoms with van der Waals surface area (Å²) in [6.07, 6.45) is 12.3. The second-order valence-corrected chi connectivity index (χ2v) is 31.6. The molecule has 1 spiro atoms. The quantitative estimate of drug-likeness (QED) is 0.00951. The maximum Gasteiger partial charge on any atom is 0.312 e. The van der Waals surface area contributed by atoms with Crippen LogP contribution in [0, 0.1) is 47.3 Å². The number of imide groups is 1. The Balaban J connectivity index is 0.851. The summed E-state index contributed by atoms with van der Waals surface area (Å²) in [4.78, 5) is 176. The van der Waals surface area contributed by atoms with Crippen molar-refractivity contribution in [1.29, 1.82) is 0 Å². The average Bonchev–Trinajstić information content (AvgIpc) is 0.747. The first-order chi connectivity index (χ1) is 51.5. The molecule has 6 aliphatic rings. The van der Waals surface area contributed by atoms with Crippen molar-refractivity contribution in [1.82, 2.24) is 26.2 Å². The summed E-state index contributed by atoms with van der Waals surface area (Å²) < 4.78 is 12.8. The predicted molar refractivity (Wildman–Crippen MR) is 407 cm³/mol. The highest BCUT2D eigenvalue weighted by atomic mass is 35.5. The monoisotopic (exact) mass is 1540 g/mol. The van der Waals surface area contributed by atoms with E-state index in [9.17, 15) is 62.6 Å². The van der Waals surface area contributed by atoms with Gasteiger partial charge < -0.3 is 70.2 Å². The average molecular weight is 1550 g/mol. The molecule has 29 nitrogen and oxygen atoms in total. The number of allylic oxidation sites excluding steroid dienone is 1. The van der Waals surface area contributed by atoms with Crippen molar-refractivity contribution in [3.63, 3.8) is 0 Å². The number of primary amides is 1. The summed E-state index contributed by atoms with van der Waals surface area (Å²) in [5.74, 6) is -7.83. The number of thioether (sulfide) groups is 1. The Kier molecular flexibility index (Phi) is 34.4. The number of ether oxygens (including phenoxy) is 2. The minimum atomic E-state index is -1.27. The van der Waals surface area contributed by atoms with Crippen LogP contribution in [-0.2, 0) is 86.1 Å². The Morgan fingerprint density at radius 1 is 0.731 bits per heavy atom. The van der Waals surface area contributed by atoms with Crippen molar-refractivity contribution < 1.29 is 81.9 Å². The maximum atomic E-state index is 14.2. The number of carboxylic acids is 1. The number of ketones is 5. The van der Waals surface area contributed by atoms with Crippen LogP contribution in [0.5, 0.6) is 5.75 Å². The van der Waals surface area contributed by atoms with E-state index in [1.54, 1.807) is 25.3 Å². The lowest BCUT2D eigenvalue weighted by atomic mass is 9.47. The number of unbranched alkanes of at least 4 members (excludes halogenated alkanes) is 4. The molecule has 596 valence electrons. The first kappa shape index (κ1) is 87.5. The van der Waals surface area contributed by atoms with Crippen LogP contribution in [0.2, 0.25) is 5.02 Å². The molecule has 4 aliphatic carbocycles. The van der Waals surface area contributed by atoms with E-state index >= 15 is 0 Å². The van der Waals surface area contributed by atoms with Crippen LogP contribution >= 0.6 is 23.4 Å². The van der Waals surface area contributed by atoms with Gasteiger partial charge in [-0.25, -0.2) is 9.68 Å². The number of benzene rings is 2. The molecule has 2 saturated heterocycles. The third-order valence-corrected chi connectivity index (χ3v) is 23.3. The molecule has 4 saturated carbocycles. The summed E-state index contributed by atoms with van der Waals surface area (Å²) >= 11 is 8.38. The van der Waals surface area contributed by atoms with Gasteiger partial charge in [-0.3, -0.25) is 62.6 Å². The van der Waals surface area contributed by atoms with E-state index in [2.05, 4.69) is 26.3 Å². The van der Waals surface area contributed by atoms with Crippen LogP contribution in [0.3, 0.4) is 0 Å². The van der Waals surface area contributed by atoms with Gasteiger partial charge in [0.25, 0.3) is 5.79 Å². The van der Waals surface area contributed by atoms with Crippen LogP contribution in [0.25, 0.3) is 6.08 Å². The van der Waals surface area contributed by atoms with E-state index in [0.717, 1.165) is 47.9 Å². The summed E-state index contributed by atoms with van der Waals surface area (Å²) in [6, 6.07) is 6.92. The molecule has 0 radical (unpaired) electrons. The number of amides is 7. The Labute approximate surface area is 641 Å². The van der Waals surface area contributed by atoms with E-state index < -0.39 is 112 Å². The molecule has 108 heavy (non-hydrogen) atoms. The summed E-state index contributed by atoms with van der Waals surface area (Å²) in [5, 5.41) is 20.0. The van der Waals surface area contributed by atoms with Gasteiger partial charge >= 0.3 is 12.0 Å². The van der Waals surface area contributed by atoms with Crippen LogP contribution in [0.4, 0.5) is 4.79 Å². The molecule has 4 bridgehead atoms. The van der Waals surface area contributed by atoms with Crippen molar-refractivity contribution in [3.8, 4) is 5.75 Å². The molecule has 2 aliphatic heterocycles. The van der Waals surface area contributed by atoms with Gasteiger partial charge in [0.2, 0.25) is 29.5 Å². The third-order valence-electron chi connectivity index (χ3n) is 21.6. The standard InChI is InChI=1S/C77H113ClN12O17S/c1-45(2)58(70(98)89-61(18-13-30-86-75(84)103)63(94)37-47-20-22-48(23-21-47)43-105-68-51(24-19-46(3)91)25-26-59(67(68)78)77(104-4)76(106-107-77)54-33-49-32-50(35-54)36-55(76)34-49)40-56(92)16-6-5-11-31-90-66(96)41-65(72(90)100)108-44-60(81)71(99)87-42-57(93)38-52(14-7-9-27-79)69(97)88-62(17-12-29-85-74(82)83)64(95)39-53(73(101)102)15-8-10-28-80/h19-26,45,49-50,52-55,58,60-62,65H,5-18,27-44,79-81H2,1-4H3,(H,87,99)(H,88,97)(H,89,98)(H,101,102)(H4,82,83,85)(H3,84,86,103)/b24-19+/t49?,50?,52-,53-,54?,55?,58?,60+,61?,62+,65?,76?,77?/m0/s1. The second-order valence-electron chi connectivity index (χ2n) is 30.0. The lowest BCUT2D eigenvalue weighted by molar-refractivity contribution is -0.645. The van der Waals surface area contributed by atoms with Gasteiger partial charge in [-0.15, -0.1) is 11.8 Å². The number of nitrogens with two attached hydrogens (primary N) is 6. The largest absolute Gasteiger partial charge is 0.487 e. The number of carbonyl (C=O) groups excluding carboxylic acids is 11. The number of urea groups is 1. The number of likely N-dealkylation sites (tertiary alicyclic amines) is 1. The normalized spacial score (nSPS) is 22.2. The number of rotatable bonds is 51. The molecule has 4 unspecified atom stereocenters. The van der Waals surface area contributed by atoms with E-state index in [1.165, 1.54) is 19.4 Å². The minimum absolute atomic E-state index is 0.0567. The summed E-state index contributed by atoms with van der Waals surface area (Å²) in [7, 11) is 1.61. The highest BCUT2D eigenvalue weighted by Crippen LogP contribution is 2.70. The maximum absolute atomic E-state index is 14.2. The zero-order valence-electron chi connectivity index (χ0n) is 62.8. The predicted octanol–water partition coefficient (Wildman–Crippen LogP) is 5.65. The Bertz CT molecular complexity index is 3530. The van der Waals surface area contributed by atoms with Crippen molar-refractivity contribution in [2.45, 2.75) is 216 Å². The van der Waals surface area contributed by atoms with Gasteiger partial charge in [0.05, 0.1) is 40.9 Å². The molecule has 2 aromatic rings. The number of methoxy groups -OCH3 is 1. The van der Waals surface area contributed by atoms with Crippen LogP contribution < -0.4 is 60.4 Å². The highest BCUT2D eigenvalue weighted by Gasteiger charge is 2.77. The third kappa shape index (κ3) is 24.1. The minimum Gasteiger partial charge on any atom is -0.487 e. The molecule has 8 rings (SSSR count). The number of carboxylic acid groups (broad SMARTS) is 1. The summed E-state index contributed by atoms with van der Waals surface area (Å²) in [6.45, 7) is 5.74. The smallest absolute Gasteiger partial charge is 0.312 e. The number of aliphatic carboxylic acids is 1. The lowest BCUT2D eigenvalue weighted by Crippen LogP contribution is -2.76. The van der Waals surface area contributed by atoms with Crippen LogP contribution in [-0.4, -0.2) is 168 Å². The SMILES string of the molecule is COC1(c2ccc(/C=C/C(C)=O)c(OCc3ccc(CC(=O)C(CCCNC(N)=O)NC(=O)C(CC(=O)CCCCCN4C(=O)CC(SC[C@@H](N)C(=O)NCC(=O)C[C@H](CCCCN)C(=O)N[C@H](CCCN=C(N)N)C(=O)C[C@H](CCCCN)C(=O)O)C4=O)C(C)C)cc3)c2Cl)OOC12C1CC3CC(C1)CC2C3. The summed E-state index contributed by atoms with van der Waals surface area (Å²) in [5.41, 5.74) is 35.6. The van der Waals surface area contributed by atoms with Gasteiger partial charge in [-0.05, 0) is 169 Å². The molecule has 8 atom stereocenters. The van der Waals surface area contributed by atoms with Gasteiger partial charge in [0.1, 0.15) is 18.1 Å². The van der Waals surface area contributed by atoms with Crippen molar-refractivity contribution in [3.05, 3.63) is 69.8 Å². The number of halogens is 1. The molecule has 2 aromatic carbocycles. The molecule has 2 heterocycles.